The zero-order chi connectivity index (χ0) is 12.8. The minimum atomic E-state index is 0.0474. The molecule has 18 heavy (non-hydrogen) atoms. The van der Waals surface area contributed by atoms with Crippen LogP contribution in [0.2, 0.25) is 0 Å². The Morgan fingerprint density at radius 3 is 2.33 bits per heavy atom. The first-order valence-corrected chi connectivity index (χ1v) is 8.61. The number of rotatable bonds is 4. The van der Waals surface area contributed by atoms with Gasteiger partial charge in [0.15, 0.2) is 0 Å². The van der Waals surface area contributed by atoms with Crippen LogP contribution >= 0.6 is 31.9 Å². The Morgan fingerprint density at radius 2 is 1.72 bits per heavy atom. The third kappa shape index (κ3) is 3.82. The number of hydrogen-bond acceptors (Lipinski definition) is 1. The first kappa shape index (κ1) is 14.5. The number of ether oxygens (including phenoxy) is 1. The topological polar surface area (TPSA) is 9.23 Å². The van der Waals surface area contributed by atoms with Gasteiger partial charge in [-0.15, -0.1) is 0 Å². The molecule has 1 aliphatic carbocycles. The molecule has 1 nitrogen and oxygen atoms in total. The van der Waals surface area contributed by atoms with Gasteiger partial charge in [-0.25, -0.2) is 0 Å². The number of halogens is 2. The summed E-state index contributed by atoms with van der Waals surface area (Å²) in [6.45, 7) is 0.701. The summed E-state index contributed by atoms with van der Waals surface area (Å²) in [7, 11) is 0. The third-order valence-corrected chi connectivity index (χ3v) is 5.55. The zero-order valence-corrected chi connectivity index (χ0v) is 13.8. The molecular weight excluding hydrogens is 356 g/mol. The second kappa shape index (κ2) is 7.06. The highest BCUT2D eigenvalue weighted by molar-refractivity contribution is 9.10. The van der Waals surface area contributed by atoms with Gasteiger partial charge in [0.25, 0.3) is 0 Å². The van der Waals surface area contributed by atoms with Crippen LogP contribution in [-0.2, 0) is 11.3 Å². The summed E-state index contributed by atoms with van der Waals surface area (Å²) in [6.07, 6.45) is 7.66. The van der Waals surface area contributed by atoms with E-state index < -0.39 is 0 Å². The molecule has 2 rings (SSSR count). The van der Waals surface area contributed by atoms with E-state index in [-0.39, 0.29) is 5.60 Å². The zero-order valence-electron chi connectivity index (χ0n) is 10.6. The maximum absolute atomic E-state index is 6.29. The average Bonchev–Trinajstić information content (AvgIpc) is 2.64. The van der Waals surface area contributed by atoms with Crippen LogP contribution in [0.5, 0.6) is 0 Å². The highest BCUT2D eigenvalue weighted by atomic mass is 79.9. The van der Waals surface area contributed by atoms with Crippen molar-refractivity contribution < 1.29 is 4.74 Å². The minimum Gasteiger partial charge on any atom is -0.369 e. The van der Waals surface area contributed by atoms with E-state index in [0.29, 0.717) is 6.61 Å². The van der Waals surface area contributed by atoms with Gasteiger partial charge < -0.3 is 4.74 Å². The lowest BCUT2D eigenvalue weighted by Crippen LogP contribution is -2.33. The van der Waals surface area contributed by atoms with Gasteiger partial charge in [-0.05, 0) is 24.5 Å². The van der Waals surface area contributed by atoms with Gasteiger partial charge in [0, 0.05) is 9.80 Å². The van der Waals surface area contributed by atoms with E-state index in [1.807, 2.05) is 6.07 Å². The predicted octanol–water partition coefficient (Wildman–Crippen LogP) is 5.45. The molecule has 0 N–H and O–H groups in total. The molecule has 100 valence electrons. The maximum atomic E-state index is 6.29. The molecule has 0 unspecified atom stereocenters. The van der Waals surface area contributed by atoms with Crippen molar-refractivity contribution in [3.05, 3.63) is 34.3 Å². The van der Waals surface area contributed by atoms with Crippen molar-refractivity contribution in [1.82, 2.24) is 0 Å². The van der Waals surface area contributed by atoms with Crippen molar-refractivity contribution in [3.8, 4) is 0 Å². The predicted molar refractivity (Wildman–Crippen MR) is 83.2 cm³/mol. The van der Waals surface area contributed by atoms with E-state index >= 15 is 0 Å². The van der Waals surface area contributed by atoms with Crippen LogP contribution < -0.4 is 0 Å². The molecule has 0 atom stereocenters. The Labute approximate surface area is 127 Å². The first-order valence-electron chi connectivity index (χ1n) is 6.69. The van der Waals surface area contributed by atoms with Gasteiger partial charge >= 0.3 is 0 Å². The Morgan fingerprint density at radius 1 is 1.06 bits per heavy atom. The van der Waals surface area contributed by atoms with Gasteiger partial charge in [-0.2, -0.15) is 0 Å². The van der Waals surface area contributed by atoms with Crippen molar-refractivity contribution in [1.29, 1.82) is 0 Å². The van der Waals surface area contributed by atoms with Crippen LogP contribution in [0.25, 0.3) is 0 Å². The van der Waals surface area contributed by atoms with E-state index in [2.05, 4.69) is 50.1 Å². The van der Waals surface area contributed by atoms with Crippen LogP contribution in [0.4, 0.5) is 0 Å². The van der Waals surface area contributed by atoms with Crippen LogP contribution in [0.1, 0.15) is 44.1 Å². The fourth-order valence-electron chi connectivity index (χ4n) is 2.54. The van der Waals surface area contributed by atoms with E-state index in [9.17, 15) is 0 Å². The number of alkyl halides is 1. The second-order valence-electron chi connectivity index (χ2n) is 5.11. The molecule has 0 bridgehead atoms. The normalized spacial score (nSPS) is 19.4. The van der Waals surface area contributed by atoms with Crippen LogP contribution in [0.3, 0.4) is 0 Å². The molecule has 1 aromatic rings. The highest BCUT2D eigenvalue weighted by Gasteiger charge is 2.30. The summed E-state index contributed by atoms with van der Waals surface area (Å²) in [5.74, 6) is 0. The lowest BCUT2D eigenvalue weighted by atomic mass is 9.96. The van der Waals surface area contributed by atoms with E-state index in [1.54, 1.807) is 0 Å². The molecule has 1 fully saturated rings. The molecule has 0 spiro atoms. The SMILES string of the molecule is BrCC1(OCc2ccccc2Br)CCCCCC1. The largest absolute Gasteiger partial charge is 0.369 e. The Bertz CT molecular complexity index is 371. The van der Waals surface area contributed by atoms with Crippen LogP contribution in [-0.4, -0.2) is 10.9 Å². The summed E-state index contributed by atoms with van der Waals surface area (Å²) in [4.78, 5) is 0. The van der Waals surface area contributed by atoms with E-state index in [0.717, 1.165) is 9.80 Å². The summed E-state index contributed by atoms with van der Waals surface area (Å²) < 4.78 is 7.43. The molecule has 1 aliphatic rings. The molecule has 0 aliphatic heterocycles. The minimum absolute atomic E-state index is 0.0474. The van der Waals surface area contributed by atoms with Gasteiger partial charge in [0.2, 0.25) is 0 Å². The maximum Gasteiger partial charge on any atom is 0.0783 e. The van der Waals surface area contributed by atoms with Crippen LogP contribution in [0.15, 0.2) is 28.7 Å². The third-order valence-electron chi connectivity index (χ3n) is 3.75. The Balaban J connectivity index is 2.00. The molecule has 0 aromatic heterocycles. The lowest BCUT2D eigenvalue weighted by molar-refractivity contribution is -0.0487. The molecule has 0 saturated heterocycles. The summed E-state index contributed by atoms with van der Waals surface area (Å²) in [6, 6.07) is 8.31. The van der Waals surface area contributed by atoms with Gasteiger partial charge in [0.1, 0.15) is 0 Å². The fraction of sp³-hybridized carbons (Fsp3) is 0.600. The molecule has 1 saturated carbocycles. The summed E-state index contributed by atoms with van der Waals surface area (Å²) in [5, 5.41) is 0.949. The molecule has 0 radical (unpaired) electrons. The van der Waals surface area contributed by atoms with E-state index in [4.69, 9.17) is 4.74 Å². The molecule has 1 aromatic carbocycles. The van der Waals surface area contributed by atoms with E-state index in [1.165, 1.54) is 44.1 Å². The van der Waals surface area contributed by atoms with Gasteiger partial charge in [-0.3, -0.25) is 0 Å². The molecule has 0 heterocycles. The van der Waals surface area contributed by atoms with Crippen molar-refractivity contribution in [2.24, 2.45) is 0 Å². The molecular formula is C15H20Br2O. The summed E-state index contributed by atoms with van der Waals surface area (Å²) >= 11 is 7.24. The van der Waals surface area contributed by atoms with Crippen molar-refractivity contribution >= 4 is 31.9 Å². The van der Waals surface area contributed by atoms with Gasteiger partial charge in [-0.1, -0.05) is 75.7 Å². The lowest BCUT2D eigenvalue weighted by Gasteiger charge is -2.31. The number of hydrogen-bond donors (Lipinski definition) is 0. The summed E-state index contributed by atoms with van der Waals surface area (Å²) in [5.41, 5.74) is 1.29. The molecule has 0 amide bonds. The first-order chi connectivity index (χ1) is 8.76. The standard InChI is InChI=1S/C15H20Br2O/c16-12-15(9-5-1-2-6-10-15)18-11-13-7-3-4-8-14(13)17/h3-4,7-8H,1-2,5-6,9-12H2. The van der Waals surface area contributed by atoms with Crippen molar-refractivity contribution in [2.45, 2.75) is 50.7 Å². The highest BCUT2D eigenvalue weighted by Crippen LogP contribution is 2.33. The average molecular weight is 376 g/mol. The van der Waals surface area contributed by atoms with Crippen molar-refractivity contribution in [2.75, 3.05) is 5.33 Å². The quantitative estimate of drug-likeness (QED) is 0.501. The monoisotopic (exact) mass is 374 g/mol. The molecule has 3 heteroatoms. The second-order valence-corrected chi connectivity index (χ2v) is 6.53. The van der Waals surface area contributed by atoms with Gasteiger partial charge in [0.05, 0.1) is 12.2 Å². The fourth-order valence-corrected chi connectivity index (χ4v) is 3.66. The Kier molecular flexibility index (Phi) is 5.71. The van der Waals surface area contributed by atoms with Crippen LogP contribution in [0, 0.1) is 0 Å². The Hall–Kier alpha value is 0.140. The number of benzene rings is 1. The van der Waals surface area contributed by atoms with Crippen molar-refractivity contribution in [3.63, 3.8) is 0 Å². The smallest absolute Gasteiger partial charge is 0.0783 e.